The van der Waals surface area contributed by atoms with E-state index in [4.69, 9.17) is 4.74 Å². The highest BCUT2D eigenvalue weighted by Crippen LogP contribution is 2.29. The third-order valence-electron chi connectivity index (χ3n) is 6.30. The summed E-state index contributed by atoms with van der Waals surface area (Å²) in [5.41, 5.74) is 0.375. The van der Waals surface area contributed by atoms with Crippen molar-refractivity contribution < 1.29 is 14.3 Å². The Labute approximate surface area is 174 Å². The maximum Gasteiger partial charge on any atom is 0.315 e. The van der Waals surface area contributed by atoms with Crippen molar-refractivity contribution in [3.05, 3.63) is 29.8 Å². The normalized spacial score (nSPS) is 18.9. The second-order valence-corrected chi connectivity index (χ2v) is 8.86. The van der Waals surface area contributed by atoms with Crippen molar-refractivity contribution in [3.8, 4) is 5.75 Å². The molecular weight excluding hydrogens is 366 g/mol. The highest BCUT2D eigenvalue weighted by atomic mass is 16.5. The first-order valence-corrected chi connectivity index (χ1v) is 10.9. The first-order valence-electron chi connectivity index (χ1n) is 10.9. The number of carbonyl (C=O) groups excluding carboxylic acids is 2. The molecule has 160 valence electrons. The lowest BCUT2D eigenvalue weighted by atomic mass is 9.87. The lowest BCUT2D eigenvalue weighted by molar-refractivity contribution is -0.137. The van der Waals surface area contributed by atoms with E-state index in [-0.39, 0.29) is 18.0 Å². The molecule has 0 radical (unpaired) electrons. The number of hydrogen-bond donors (Lipinski definition) is 2. The van der Waals surface area contributed by atoms with Gasteiger partial charge in [0.2, 0.25) is 5.91 Å². The molecule has 29 heavy (non-hydrogen) atoms. The number of urea groups is 1. The minimum atomic E-state index is -0.561. The number of nitrogens with one attached hydrogen (secondary N) is 2. The van der Waals surface area contributed by atoms with Crippen molar-refractivity contribution in [1.29, 1.82) is 0 Å². The minimum Gasteiger partial charge on any atom is -0.496 e. The van der Waals surface area contributed by atoms with Crippen LogP contribution in [0.25, 0.3) is 0 Å². The summed E-state index contributed by atoms with van der Waals surface area (Å²) in [6, 6.07) is 7.64. The summed E-state index contributed by atoms with van der Waals surface area (Å²) in [5, 5.41) is 6.16. The van der Waals surface area contributed by atoms with Crippen LogP contribution in [-0.4, -0.2) is 43.1 Å². The second kappa shape index (κ2) is 9.51. The van der Waals surface area contributed by atoms with Crippen molar-refractivity contribution >= 4 is 11.9 Å². The van der Waals surface area contributed by atoms with Gasteiger partial charge in [0, 0.05) is 30.6 Å². The third-order valence-corrected chi connectivity index (χ3v) is 6.30. The SMILES string of the molecule is COc1ccccc1C(C)(C)NC(=O)NC1CCN(C(=O)C2CCCCC2)CC1. The average Bonchev–Trinajstić information content (AvgIpc) is 2.74. The molecule has 0 atom stereocenters. The fourth-order valence-corrected chi connectivity index (χ4v) is 4.59. The summed E-state index contributed by atoms with van der Waals surface area (Å²) < 4.78 is 5.44. The van der Waals surface area contributed by atoms with Gasteiger partial charge in [-0.15, -0.1) is 0 Å². The number of hydrogen-bond acceptors (Lipinski definition) is 3. The minimum absolute atomic E-state index is 0.0962. The molecule has 3 rings (SSSR count). The monoisotopic (exact) mass is 401 g/mol. The van der Waals surface area contributed by atoms with Crippen LogP contribution in [0.15, 0.2) is 24.3 Å². The van der Waals surface area contributed by atoms with E-state index in [0.717, 1.165) is 50.1 Å². The zero-order valence-electron chi connectivity index (χ0n) is 18.0. The van der Waals surface area contributed by atoms with E-state index in [1.807, 2.05) is 43.0 Å². The molecule has 2 aliphatic rings. The summed E-state index contributed by atoms with van der Waals surface area (Å²) in [5.74, 6) is 1.30. The van der Waals surface area contributed by atoms with Crippen LogP contribution >= 0.6 is 0 Å². The van der Waals surface area contributed by atoms with Gasteiger partial charge in [0.15, 0.2) is 0 Å². The van der Waals surface area contributed by atoms with Gasteiger partial charge in [0.05, 0.1) is 12.6 Å². The number of piperidine rings is 1. The zero-order chi connectivity index (χ0) is 20.9. The number of amides is 3. The molecule has 1 heterocycles. The summed E-state index contributed by atoms with van der Waals surface area (Å²) in [6.45, 7) is 5.40. The fourth-order valence-electron chi connectivity index (χ4n) is 4.59. The average molecular weight is 402 g/mol. The molecule has 2 N–H and O–H groups in total. The van der Waals surface area contributed by atoms with Crippen LogP contribution in [0.3, 0.4) is 0 Å². The number of likely N-dealkylation sites (tertiary alicyclic amines) is 1. The molecule has 1 aromatic carbocycles. The van der Waals surface area contributed by atoms with E-state index in [0.29, 0.717) is 5.91 Å². The van der Waals surface area contributed by atoms with E-state index >= 15 is 0 Å². The number of para-hydroxylation sites is 1. The number of rotatable bonds is 5. The number of ether oxygens (including phenoxy) is 1. The second-order valence-electron chi connectivity index (χ2n) is 8.86. The predicted octanol–water partition coefficient (Wildman–Crippen LogP) is 3.80. The molecule has 6 nitrogen and oxygen atoms in total. The first-order chi connectivity index (χ1) is 13.9. The van der Waals surface area contributed by atoms with E-state index in [1.54, 1.807) is 7.11 Å². The Kier molecular flexibility index (Phi) is 7.04. The van der Waals surface area contributed by atoms with Crippen LogP contribution in [-0.2, 0) is 10.3 Å². The van der Waals surface area contributed by atoms with Crippen molar-refractivity contribution in [3.63, 3.8) is 0 Å². The van der Waals surface area contributed by atoms with Crippen molar-refractivity contribution in [1.82, 2.24) is 15.5 Å². The van der Waals surface area contributed by atoms with Crippen LogP contribution in [0.1, 0.15) is 64.4 Å². The molecule has 3 amide bonds. The number of benzene rings is 1. The van der Waals surface area contributed by atoms with Gasteiger partial charge in [-0.05, 0) is 45.6 Å². The largest absolute Gasteiger partial charge is 0.496 e. The lowest BCUT2D eigenvalue weighted by Gasteiger charge is -2.36. The number of carbonyl (C=O) groups is 2. The summed E-state index contributed by atoms with van der Waals surface area (Å²) in [4.78, 5) is 27.3. The van der Waals surface area contributed by atoms with Gasteiger partial charge in [-0.25, -0.2) is 4.79 Å². The van der Waals surface area contributed by atoms with Crippen LogP contribution in [0.5, 0.6) is 5.75 Å². The van der Waals surface area contributed by atoms with Gasteiger partial charge in [-0.3, -0.25) is 4.79 Å². The molecule has 0 bridgehead atoms. The van der Waals surface area contributed by atoms with E-state index < -0.39 is 5.54 Å². The van der Waals surface area contributed by atoms with Crippen molar-refractivity contribution in [2.75, 3.05) is 20.2 Å². The van der Waals surface area contributed by atoms with Crippen molar-refractivity contribution in [2.45, 2.75) is 70.4 Å². The highest BCUT2D eigenvalue weighted by molar-refractivity contribution is 5.79. The zero-order valence-corrected chi connectivity index (χ0v) is 18.0. The molecule has 0 unspecified atom stereocenters. The first kappa shape index (κ1) is 21.5. The van der Waals surface area contributed by atoms with Gasteiger partial charge < -0.3 is 20.3 Å². The van der Waals surface area contributed by atoms with Gasteiger partial charge in [-0.1, -0.05) is 37.5 Å². The van der Waals surface area contributed by atoms with Crippen LogP contribution in [0.2, 0.25) is 0 Å². The lowest BCUT2D eigenvalue weighted by Crippen LogP contribution is -2.53. The van der Waals surface area contributed by atoms with Crippen LogP contribution < -0.4 is 15.4 Å². The molecule has 1 aliphatic heterocycles. The molecule has 0 spiro atoms. The predicted molar refractivity (Wildman–Crippen MR) is 114 cm³/mol. The molecule has 1 aliphatic carbocycles. The highest BCUT2D eigenvalue weighted by Gasteiger charge is 2.31. The van der Waals surface area contributed by atoms with E-state index in [2.05, 4.69) is 10.6 Å². The Morgan fingerprint density at radius 2 is 1.69 bits per heavy atom. The van der Waals surface area contributed by atoms with Crippen molar-refractivity contribution in [2.24, 2.45) is 5.92 Å². The summed E-state index contributed by atoms with van der Waals surface area (Å²) in [7, 11) is 1.64. The van der Waals surface area contributed by atoms with E-state index in [9.17, 15) is 9.59 Å². The summed E-state index contributed by atoms with van der Waals surface area (Å²) in [6.07, 6.45) is 7.31. The Balaban J connectivity index is 1.48. The smallest absolute Gasteiger partial charge is 0.315 e. The Morgan fingerprint density at radius 3 is 2.34 bits per heavy atom. The van der Waals surface area contributed by atoms with E-state index in [1.165, 1.54) is 19.3 Å². The fraction of sp³-hybridized carbons (Fsp3) is 0.652. The maximum absolute atomic E-state index is 12.7. The van der Waals surface area contributed by atoms with Gasteiger partial charge in [0.25, 0.3) is 0 Å². The number of methoxy groups -OCH3 is 1. The van der Waals surface area contributed by atoms with Crippen LogP contribution in [0, 0.1) is 5.92 Å². The van der Waals surface area contributed by atoms with Crippen LogP contribution in [0.4, 0.5) is 4.79 Å². The molecule has 0 aromatic heterocycles. The molecule has 1 aromatic rings. The van der Waals surface area contributed by atoms with Gasteiger partial charge in [-0.2, -0.15) is 0 Å². The molecular formula is C23H35N3O3. The van der Waals surface area contributed by atoms with Gasteiger partial charge >= 0.3 is 6.03 Å². The summed E-state index contributed by atoms with van der Waals surface area (Å²) >= 11 is 0. The molecule has 6 heteroatoms. The molecule has 2 fully saturated rings. The Morgan fingerprint density at radius 1 is 1.03 bits per heavy atom. The Hall–Kier alpha value is -2.24. The standard InChI is InChI=1S/C23H35N3O3/c1-23(2,19-11-7-8-12-20(19)29-3)25-22(28)24-18-13-15-26(16-14-18)21(27)17-9-5-4-6-10-17/h7-8,11-12,17-18H,4-6,9-10,13-16H2,1-3H3,(H2,24,25,28). The maximum atomic E-state index is 12.7. The number of nitrogens with zero attached hydrogens (tertiary/aromatic N) is 1. The quantitative estimate of drug-likeness (QED) is 0.788. The third kappa shape index (κ3) is 5.43. The topological polar surface area (TPSA) is 70.7 Å². The molecule has 1 saturated carbocycles. The van der Waals surface area contributed by atoms with Gasteiger partial charge in [0.1, 0.15) is 5.75 Å². The Bertz CT molecular complexity index is 705. The molecule has 1 saturated heterocycles.